The van der Waals surface area contributed by atoms with E-state index < -0.39 is 23.7 Å². The molecule has 3 atom stereocenters. The van der Waals surface area contributed by atoms with Gasteiger partial charge in [0.05, 0.1) is 13.2 Å². The second-order valence-electron chi connectivity index (χ2n) is 7.76. The number of carbonyl (C=O) groups excluding carboxylic acids is 2. The highest BCUT2D eigenvalue weighted by molar-refractivity contribution is 7.99. The molecular formula is C23H36N2O5S. The van der Waals surface area contributed by atoms with Crippen molar-refractivity contribution in [2.24, 2.45) is 17.6 Å². The van der Waals surface area contributed by atoms with Crippen LogP contribution in [0, 0.1) is 11.8 Å². The summed E-state index contributed by atoms with van der Waals surface area (Å²) in [5, 5.41) is 11.5. The smallest absolute Gasteiger partial charge is 0.303 e. The first-order valence-electron chi connectivity index (χ1n) is 10.7. The summed E-state index contributed by atoms with van der Waals surface area (Å²) >= 11 is 1.58. The van der Waals surface area contributed by atoms with Crippen molar-refractivity contribution < 1.29 is 24.2 Å². The average Bonchev–Trinajstić information content (AvgIpc) is 2.76. The molecule has 1 aromatic carbocycles. The van der Waals surface area contributed by atoms with E-state index in [0.717, 1.165) is 17.7 Å². The van der Waals surface area contributed by atoms with Crippen LogP contribution in [0.2, 0.25) is 0 Å². The molecule has 0 aliphatic carbocycles. The maximum Gasteiger partial charge on any atom is 0.303 e. The SMILES string of the molecule is CCC(C)c1cccc(COCCSCC(CC(CCC(=O)O)C(N)=O)C(=O)NC)c1. The molecule has 0 saturated heterocycles. The summed E-state index contributed by atoms with van der Waals surface area (Å²) in [7, 11) is 1.55. The fourth-order valence-electron chi connectivity index (χ4n) is 3.23. The first kappa shape index (κ1) is 27.0. The van der Waals surface area contributed by atoms with E-state index in [4.69, 9.17) is 15.6 Å². The number of amides is 2. The van der Waals surface area contributed by atoms with Crippen molar-refractivity contribution >= 4 is 29.5 Å². The summed E-state index contributed by atoms with van der Waals surface area (Å²) in [4.78, 5) is 34.7. The molecule has 8 heteroatoms. The highest BCUT2D eigenvalue weighted by Gasteiger charge is 2.26. The molecule has 2 amide bonds. The normalized spacial score (nSPS) is 13.9. The maximum atomic E-state index is 12.2. The molecule has 0 radical (unpaired) electrons. The largest absolute Gasteiger partial charge is 0.481 e. The Morgan fingerprint density at radius 3 is 2.61 bits per heavy atom. The summed E-state index contributed by atoms with van der Waals surface area (Å²) in [6.07, 6.45) is 1.34. The molecule has 0 saturated carbocycles. The minimum absolute atomic E-state index is 0.141. The van der Waals surface area contributed by atoms with Crippen molar-refractivity contribution in [3.63, 3.8) is 0 Å². The number of ether oxygens (including phenoxy) is 1. The van der Waals surface area contributed by atoms with Crippen molar-refractivity contribution in [2.75, 3.05) is 25.2 Å². The molecule has 31 heavy (non-hydrogen) atoms. The number of hydrogen-bond donors (Lipinski definition) is 3. The van der Waals surface area contributed by atoms with Gasteiger partial charge in [-0.25, -0.2) is 0 Å². The summed E-state index contributed by atoms with van der Waals surface area (Å²) in [6, 6.07) is 8.44. The van der Waals surface area contributed by atoms with Crippen LogP contribution in [0.15, 0.2) is 24.3 Å². The number of benzene rings is 1. The molecule has 0 aromatic heterocycles. The molecule has 1 rings (SSSR count). The zero-order chi connectivity index (χ0) is 23.2. The molecule has 174 valence electrons. The molecule has 0 aliphatic rings. The molecule has 0 bridgehead atoms. The highest BCUT2D eigenvalue weighted by Crippen LogP contribution is 2.22. The van der Waals surface area contributed by atoms with Gasteiger partial charge in [0, 0.05) is 36.8 Å². The first-order valence-corrected chi connectivity index (χ1v) is 11.9. The topological polar surface area (TPSA) is 119 Å². The van der Waals surface area contributed by atoms with E-state index in [1.54, 1.807) is 18.8 Å². The van der Waals surface area contributed by atoms with Gasteiger partial charge >= 0.3 is 5.97 Å². The first-order chi connectivity index (χ1) is 14.8. The van der Waals surface area contributed by atoms with E-state index in [2.05, 4.69) is 43.4 Å². The van der Waals surface area contributed by atoms with Gasteiger partial charge in [0.15, 0.2) is 0 Å². The Kier molecular flexibility index (Phi) is 12.9. The monoisotopic (exact) mass is 452 g/mol. The van der Waals surface area contributed by atoms with Crippen LogP contribution >= 0.6 is 11.8 Å². The summed E-state index contributed by atoms with van der Waals surface area (Å²) < 4.78 is 5.78. The number of aliphatic carboxylic acids is 1. The Morgan fingerprint density at radius 2 is 2.00 bits per heavy atom. The molecular weight excluding hydrogens is 416 g/mol. The van der Waals surface area contributed by atoms with Crippen molar-refractivity contribution in [2.45, 2.75) is 52.1 Å². The Labute approximate surface area is 189 Å². The lowest BCUT2D eigenvalue weighted by Gasteiger charge is -2.20. The molecule has 4 N–H and O–H groups in total. The number of nitrogens with one attached hydrogen (secondary N) is 1. The third-order valence-corrected chi connectivity index (χ3v) is 6.48. The summed E-state index contributed by atoms with van der Waals surface area (Å²) in [6.45, 7) is 5.48. The maximum absolute atomic E-state index is 12.2. The summed E-state index contributed by atoms with van der Waals surface area (Å²) in [5.74, 6) is -1.000. The second-order valence-corrected chi connectivity index (χ2v) is 8.91. The van der Waals surface area contributed by atoms with E-state index in [1.165, 1.54) is 5.56 Å². The van der Waals surface area contributed by atoms with Gasteiger partial charge in [-0.1, -0.05) is 38.1 Å². The number of carboxylic acid groups (broad SMARTS) is 1. The molecule has 0 aliphatic heterocycles. The molecule has 7 nitrogen and oxygen atoms in total. The second kappa shape index (κ2) is 14.9. The standard InChI is InChI=1S/C23H36N2O5S/c1-4-16(2)18-7-5-6-17(12-18)14-30-10-11-31-15-20(23(29)25-3)13-19(22(24)28)8-9-21(26)27/h5-7,12,16,19-20H,4,8-11,13-15H2,1-3H3,(H2,24,28)(H,25,29)(H,26,27). The van der Waals surface area contributed by atoms with Crippen LogP contribution in [-0.4, -0.2) is 48.1 Å². The van der Waals surface area contributed by atoms with Gasteiger partial charge in [0.1, 0.15) is 0 Å². The number of carbonyl (C=O) groups is 3. The lowest BCUT2D eigenvalue weighted by atomic mass is 9.91. The highest BCUT2D eigenvalue weighted by atomic mass is 32.2. The third kappa shape index (κ3) is 10.7. The molecule has 0 spiro atoms. The van der Waals surface area contributed by atoms with E-state index in [9.17, 15) is 14.4 Å². The van der Waals surface area contributed by atoms with Crippen LogP contribution in [0.3, 0.4) is 0 Å². The zero-order valence-electron chi connectivity index (χ0n) is 18.8. The number of thioether (sulfide) groups is 1. The van der Waals surface area contributed by atoms with Gasteiger partial charge < -0.3 is 20.9 Å². The van der Waals surface area contributed by atoms with Crippen molar-refractivity contribution in [1.29, 1.82) is 0 Å². The molecule has 1 aromatic rings. The van der Waals surface area contributed by atoms with Crippen molar-refractivity contribution in [3.8, 4) is 0 Å². The van der Waals surface area contributed by atoms with Crippen molar-refractivity contribution in [3.05, 3.63) is 35.4 Å². The van der Waals surface area contributed by atoms with E-state index in [0.29, 0.717) is 24.9 Å². The van der Waals surface area contributed by atoms with Gasteiger partial charge in [0.25, 0.3) is 0 Å². The Hall–Kier alpha value is -2.06. The fourth-order valence-corrected chi connectivity index (χ4v) is 4.21. The Balaban J connectivity index is 2.44. The minimum Gasteiger partial charge on any atom is -0.481 e. The summed E-state index contributed by atoms with van der Waals surface area (Å²) in [5.41, 5.74) is 7.88. The van der Waals surface area contributed by atoms with Crippen LogP contribution in [-0.2, 0) is 25.7 Å². The van der Waals surface area contributed by atoms with E-state index in [1.807, 2.05) is 0 Å². The van der Waals surface area contributed by atoms with Crippen molar-refractivity contribution in [1.82, 2.24) is 5.32 Å². The van der Waals surface area contributed by atoms with Gasteiger partial charge in [-0.05, 0) is 36.3 Å². The zero-order valence-corrected chi connectivity index (χ0v) is 19.6. The Bertz CT molecular complexity index is 713. The fraction of sp³-hybridized carbons (Fsp3) is 0.609. The molecule has 0 heterocycles. The number of primary amides is 1. The van der Waals surface area contributed by atoms with Crippen LogP contribution in [0.5, 0.6) is 0 Å². The lowest BCUT2D eigenvalue weighted by Crippen LogP contribution is -2.34. The molecule has 0 fully saturated rings. The quantitative estimate of drug-likeness (QED) is 0.332. The van der Waals surface area contributed by atoms with E-state index in [-0.39, 0.29) is 25.2 Å². The minimum atomic E-state index is -0.982. The predicted octanol–water partition coefficient (Wildman–Crippen LogP) is 3.17. The van der Waals surface area contributed by atoms with Gasteiger partial charge in [0.2, 0.25) is 11.8 Å². The van der Waals surface area contributed by atoms with Crippen LogP contribution < -0.4 is 11.1 Å². The number of carboxylic acids is 1. The van der Waals surface area contributed by atoms with Crippen LogP contribution in [0.1, 0.15) is 56.6 Å². The van der Waals surface area contributed by atoms with Gasteiger partial charge in [-0.15, -0.1) is 0 Å². The van der Waals surface area contributed by atoms with E-state index >= 15 is 0 Å². The number of nitrogens with two attached hydrogens (primary N) is 1. The number of rotatable bonds is 16. The van der Waals surface area contributed by atoms with Gasteiger partial charge in [-0.3, -0.25) is 14.4 Å². The number of hydrogen-bond acceptors (Lipinski definition) is 5. The van der Waals surface area contributed by atoms with Crippen LogP contribution in [0.25, 0.3) is 0 Å². The average molecular weight is 453 g/mol. The Morgan fingerprint density at radius 1 is 1.26 bits per heavy atom. The lowest BCUT2D eigenvalue weighted by molar-refractivity contribution is -0.137. The van der Waals surface area contributed by atoms with Crippen LogP contribution in [0.4, 0.5) is 0 Å². The molecule has 3 unspecified atom stereocenters. The third-order valence-electron chi connectivity index (χ3n) is 5.39. The predicted molar refractivity (Wildman–Crippen MR) is 124 cm³/mol. The van der Waals surface area contributed by atoms with Gasteiger partial charge in [-0.2, -0.15) is 11.8 Å².